The van der Waals surface area contributed by atoms with Crippen LogP contribution in [0, 0.1) is 17.8 Å². The zero-order valence-electron chi connectivity index (χ0n) is 11.3. The van der Waals surface area contributed by atoms with Crippen LogP contribution < -0.4 is 10.6 Å². The molecule has 1 unspecified atom stereocenters. The summed E-state index contributed by atoms with van der Waals surface area (Å²) < 4.78 is 0. The van der Waals surface area contributed by atoms with E-state index in [1.54, 1.807) is 0 Å². The number of hydrogen-bond donors (Lipinski definition) is 2. The third-order valence-electron chi connectivity index (χ3n) is 4.80. The highest BCUT2D eigenvalue weighted by atomic mass is 16.1. The summed E-state index contributed by atoms with van der Waals surface area (Å²) in [6.07, 6.45) is 4.05. The predicted molar refractivity (Wildman–Crippen MR) is 71.2 cm³/mol. The number of nitrogens with one attached hydrogen (secondary N) is 2. The summed E-state index contributed by atoms with van der Waals surface area (Å²) >= 11 is 0. The summed E-state index contributed by atoms with van der Waals surface area (Å²) in [4.78, 5) is 14.7. The Morgan fingerprint density at radius 3 is 2.83 bits per heavy atom. The molecule has 1 amide bonds. The number of rotatable bonds is 4. The Labute approximate surface area is 109 Å². The maximum absolute atomic E-state index is 12.1. The average molecular weight is 251 g/mol. The molecule has 0 bridgehead atoms. The SMILES string of the molecule is C[C@@H]1CNC[C@H]1C(=O)NCC1CCN(C2CC2)C1. The molecule has 0 spiro atoms. The second-order valence-corrected chi connectivity index (χ2v) is 6.37. The van der Waals surface area contributed by atoms with Gasteiger partial charge in [-0.25, -0.2) is 0 Å². The van der Waals surface area contributed by atoms with Gasteiger partial charge in [-0.3, -0.25) is 4.79 Å². The molecule has 0 aromatic carbocycles. The van der Waals surface area contributed by atoms with Crippen molar-refractivity contribution >= 4 is 5.91 Å². The van der Waals surface area contributed by atoms with E-state index in [1.807, 2.05) is 0 Å². The number of likely N-dealkylation sites (tertiary alicyclic amines) is 1. The van der Waals surface area contributed by atoms with E-state index < -0.39 is 0 Å². The van der Waals surface area contributed by atoms with Crippen LogP contribution in [0.3, 0.4) is 0 Å². The van der Waals surface area contributed by atoms with Gasteiger partial charge >= 0.3 is 0 Å². The lowest BCUT2D eigenvalue weighted by atomic mass is 9.97. The van der Waals surface area contributed by atoms with E-state index in [1.165, 1.54) is 32.4 Å². The van der Waals surface area contributed by atoms with Gasteiger partial charge in [-0.1, -0.05) is 6.92 Å². The van der Waals surface area contributed by atoms with Crippen LogP contribution in [-0.4, -0.2) is 49.6 Å². The van der Waals surface area contributed by atoms with Crippen LogP contribution in [0.15, 0.2) is 0 Å². The lowest BCUT2D eigenvalue weighted by Gasteiger charge is -2.17. The molecule has 2 heterocycles. The zero-order valence-corrected chi connectivity index (χ0v) is 11.3. The van der Waals surface area contributed by atoms with E-state index in [4.69, 9.17) is 0 Å². The third-order valence-corrected chi connectivity index (χ3v) is 4.80. The molecule has 3 fully saturated rings. The Balaban J connectivity index is 1.40. The number of carbonyl (C=O) groups is 1. The molecule has 1 saturated carbocycles. The first-order chi connectivity index (χ1) is 8.74. The van der Waals surface area contributed by atoms with Crippen molar-refractivity contribution in [3.8, 4) is 0 Å². The Bertz CT molecular complexity index is 316. The molecular formula is C14H25N3O. The van der Waals surface area contributed by atoms with Crippen molar-refractivity contribution in [2.24, 2.45) is 17.8 Å². The maximum atomic E-state index is 12.1. The van der Waals surface area contributed by atoms with Gasteiger partial charge in [0.25, 0.3) is 0 Å². The molecular weight excluding hydrogens is 226 g/mol. The highest BCUT2D eigenvalue weighted by Gasteiger charge is 2.35. The van der Waals surface area contributed by atoms with Crippen LogP contribution >= 0.6 is 0 Å². The fourth-order valence-corrected chi connectivity index (χ4v) is 3.34. The van der Waals surface area contributed by atoms with Gasteiger partial charge in [-0.05, 0) is 44.2 Å². The van der Waals surface area contributed by atoms with Gasteiger partial charge in [-0.2, -0.15) is 0 Å². The second-order valence-electron chi connectivity index (χ2n) is 6.37. The van der Waals surface area contributed by atoms with Crippen LogP contribution in [0.25, 0.3) is 0 Å². The molecule has 0 aromatic heterocycles. The van der Waals surface area contributed by atoms with Gasteiger partial charge in [0.2, 0.25) is 5.91 Å². The van der Waals surface area contributed by atoms with E-state index in [-0.39, 0.29) is 11.8 Å². The molecule has 2 aliphatic heterocycles. The van der Waals surface area contributed by atoms with Crippen LogP contribution in [0.1, 0.15) is 26.2 Å². The topological polar surface area (TPSA) is 44.4 Å². The van der Waals surface area contributed by atoms with Gasteiger partial charge in [0.05, 0.1) is 5.92 Å². The van der Waals surface area contributed by atoms with E-state index in [9.17, 15) is 4.79 Å². The summed E-state index contributed by atoms with van der Waals surface area (Å²) in [5.74, 6) is 1.61. The maximum Gasteiger partial charge on any atom is 0.224 e. The lowest BCUT2D eigenvalue weighted by Crippen LogP contribution is -2.37. The fourth-order valence-electron chi connectivity index (χ4n) is 3.34. The number of hydrogen-bond acceptors (Lipinski definition) is 3. The van der Waals surface area contributed by atoms with Crippen molar-refractivity contribution in [2.75, 3.05) is 32.7 Å². The van der Waals surface area contributed by atoms with Crippen molar-refractivity contribution in [3.63, 3.8) is 0 Å². The Morgan fingerprint density at radius 1 is 1.33 bits per heavy atom. The molecule has 1 aliphatic carbocycles. The minimum Gasteiger partial charge on any atom is -0.355 e. The molecule has 102 valence electrons. The van der Waals surface area contributed by atoms with Gasteiger partial charge in [0.15, 0.2) is 0 Å². The van der Waals surface area contributed by atoms with Crippen LogP contribution in [-0.2, 0) is 4.79 Å². The van der Waals surface area contributed by atoms with Crippen LogP contribution in [0.4, 0.5) is 0 Å². The molecule has 4 heteroatoms. The number of carbonyl (C=O) groups excluding carboxylic acids is 1. The Kier molecular flexibility index (Phi) is 3.57. The number of nitrogens with zero attached hydrogens (tertiary/aromatic N) is 1. The summed E-state index contributed by atoms with van der Waals surface area (Å²) in [6.45, 7) is 7.32. The minimum absolute atomic E-state index is 0.186. The highest BCUT2D eigenvalue weighted by Crippen LogP contribution is 2.31. The Hall–Kier alpha value is -0.610. The fraction of sp³-hybridized carbons (Fsp3) is 0.929. The van der Waals surface area contributed by atoms with Gasteiger partial charge in [-0.15, -0.1) is 0 Å². The average Bonchev–Trinajstić information content (AvgIpc) is 2.95. The molecule has 4 nitrogen and oxygen atoms in total. The van der Waals surface area contributed by atoms with Crippen LogP contribution in [0.5, 0.6) is 0 Å². The summed E-state index contributed by atoms with van der Waals surface area (Å²) in [5.41, 5.74) is 0. The first-order valence-electron chi connectivity index (χ1n) is 7.46. The molecule has 3 atom stereocenters. The van der Waals surface area contributed by atoms with Gasteiger partial charge in [0, 0.05) is 25.7 Å². The van der Waals surface area contributed by atoms with Gasteiger partial charge < -0.3 is 15.5 Å². The van der Waals surface area contributed by atoms with Gasteiger partial charge in [0.1, 0.15) is 0 Å². The molecule has 3 rings (SSSR count). The molecule has 3 aliphatic rings. The third kappa shape index (κ3) is 2.69. The van der Waals surface area contributed by atoms with Crippen molar-refractivity contribution in [1.82, 2.24) is 15.5 Å². The molecule has 0 aromatic rings. The highest BCUT2D eigenvalue weighted by molar-refractivity contribution is 5.79. The van der Waals surface area contributed by atoms with Crippen molar-refractivity contribution in [1.29, 1.82) is 0 Å². The van der Waals surface area contributed by atoms with E-state index in [2.05, 4.69) is 22.5 Å². The van der Waals surface area contributed by atoms with Crippen molar-refractivity contribution in [3.05, 3.63) is 0 Å². The van der Waals surface area contributed by atoms with Crippen LogP contribution in [0.2, 0.25) is 0 Å². The minimum atomic E-state index is 0.186. The molecule has 2 N–H and O–H groups in total. The Morgan fingerprint density at radius 2 is 2.17 bits per heavy atom. The van der Waals surface area contributed by atoms with E-state index in [0.29, 0.717) is 11.8 Å². The molecule has 0 radical (unpaired) electrons. The van der Waals surface area contributed by atoms with Crippen molar-refractivity contribution in [2.45, 2.75) is 32.2 Å². The summed E-state index contributed by atoms with van der Waals surface area (Å²) in [7, 11) is 0. The zero-order chi connectivity index (χ0) is 12.5. The summed E-state index contributed by atoms with van der Waals surface area (Å²) in [5, 5.41) is 6.46. The standard InChI is InChI=1S/C14H25N3O/c1-10-6-15-8-13(10)14(18)16-7-11-4-5-17(9-11)12-2-3-12/h10-13,15H,2-9H2,1H3,(H,16,18)/t10-,11?,13-/m1/s1. The second kappa shape index (κ2) is 5.17. The normalized spacial score (nSPS) is 37.1. The monoisotopic (exact) mass is 251 g/mol. The lowest BCUT2D eigenvalue weighted by molar-refractivity contribution is -0.125. The smallest absolute Gasteiger partial charge is 0.224 e. The van der Waals surface area contributed by atoms with E-state index in [0.717, 1.165) is 25.7 Å². The van der Waals surface area contributed by atoms with Crippen molar-refractivity contribution < 1.29 is 4.79 Å². The summed E-state index contributed by atoms with van der Waals surface area (Å²) in [6, 6.07) is 0.879. The first-order valence-corrected chi connectivity index (χ1v) is 7.46. The predicted octanol–water partition coefficient (Wildman–Crippen LogP) is 0.442. The molecule has 2 saturated heterocycles. The molecule has 18 heavy (non-hydrogen) atoms. The largest absolute Gasteiger partial charge is 0.355 e. The number of amides is 1. The quantitative estimate of drug-likeness (QED) is 0.762. The first kappa shape index (κ1) is 12.4. The van der Waals surface area contributed by atoms with E-state index >= 15 is 0 Å².